The molecule has 1 radical (unpaired) electrons. The first-order chi connectivity index (χ1) is 13.3. The average Bonchev–Trinajstić information content (AvgIpc) is 2.68. The van der Waals surface area contributed by atoms with Crippen molar-refractivity contribution in [3.63, 3.8) is 0 Å². The van der Waals surface area contributed by atoms with Crippen LogP contribution in [0.3, 0.4) is 0 Å². The normalized spacial score (nSPS) is 13.4. The first kappa shape index (κ1) is 18.0. The third-order valence-corrected chi connectivity index (χ3v) is 5.63. The van der Waals surface area contributed by atoms with Gasteiger partial charge in [-0.1, -0.05) is 30.3 Å². The highest BCUT2D eigenvalue weighted by Crippen LogP contribution is 2.28. The maximum absolute atomic E-state index is 12.7. The maximum atomic E-state index is 12.7. The van der Waals surface area contributed by atoms with Gasteiger partial charge in [0.1, 0.15) is 0 Å². The van der Waals surface area contributed by atoms with Gasteiger partial charge in [0.2, 0.25) is 0 Å². The second-order valence-electron chi connectivity index (χ2n) is 6.43. The van der Waals surface area contributed by atoms with Crippen molar-refractivity contribution in [3.05, 3.63) is 71.1 Å². The molecular formula is C20H16N3O4S. The van der Waals surface area contributed by atoms with Crippen LogP contribution in [-0.2, 0) is 14.6 Å². The molecule has 2 heterocycles. The summed E-state index contributed by atoms with van der Waals surface area (Å²) in [5.41, 5.74) is 2.12. The number of fused-ring (bicyclic) bond motifs is 1. The molecule has 0 unspecified atom stereocenters. The molecule has 28 heavy (non-hydrogen) atoms. The van der Waals surface area contributed by atoms with Crippen molar-refractivity contribution in [2.24, 2.45) is 0 Å². The van der Waals surface area contributed by atoms with Gasteiger partial charge in [0.15, 0.2) is 15.5 Å². The lowest BCUT2D eigenvalue weighted by atomic mass is 10.1. The monoisotopic (exact) mass is 394 g/mol. The molecule has 141 valence electrons. The van der Waals surface area contributed by atoms with Gasteiger partial charge < -0.3 is 5.32 Å². The van der Waals surface area contributed by atoms with Crippen molar-refractivity contribution in [2.75, 3.05) is 18.1 Å². The molecule has 4 rings (SSSR count). The van der Waals surface area contributed by atoms with Crippen LogP contribution in [0.5, 0.6) is 0 Å². The number of carbonyl (C=O) groups excluding carboxylic acids is 1. The van der Waals surface area contributed by atoms with E-state index in [1.807, 2.05) is 0 Å². The van der Waals surface area contributed by atoms with Gasteiger partial charge in [0.25, 0.3) is 11.5 Å². The van der Waals surface area contributed by atoms with Crippen LogP contribution in [0.15, 0.2) is 70.5 Å². The highest BCUT2D eigenvalue weighted by molar-refractivity contribution is 7.90. The van der Waals surface area contributed by atoms with Gasteiger partial charge >= 0.3 is 0 Å². The molecule has 3 aromatic rings. The van der Waals surface area contributed by atoms with Gasteiger partial charge in [-0.3, -0.25) is 14.2 Å². The van der Waals surface area contributed by atoms with E-state index in [1.54, 1.807) is 60.8 Å². The fraction of sp³-hybridized carbons (Fsp3) is 0.100. The number of anilines is 1. The van der Waals surface area contributed by atoms with Crippen molar-refractivity contribution in [1.82, 2.24) is 9.88 Å². The zero-order chi connectivity index (χ0) is 19.9. The van der Waals surface area contributed by atoms with E-state index in [-0.39, 0.29) is 17.1 Å². The Bertz CT molecular complexity index is 1250. The topological polar surface area (TPSA) is 99.3 Å². The lowest BCUT2D eigenvalue weighted by molar-refractivity contribution is -0.118. The van der Waals surface area contributed by atoms with Crippen LogP contribution >= 0.6 is 0 Å². The molecule has 0 spiro atoms. The third-order valence-electron chi connectivity index (χ3n) is 4.48. The number of nitrogens with one attached hydrogen (secondary N) is 1. The standard InChI is InChI=1S/C20H16N3O4S/c1-28(26,27)17-5-3-2-4-15(17)13-6-8-14(9-7-13)23-11-10-16-19(20(23)25)22-18(24)12-21-16/h2-11,21H,12H2,1H3. The molecule has 0 saturated heterocycles. The number of sulfone groups is 1. The molecule has 0 fully saturated rings. The number of pyridine rings is 1. The van der Waals surface area contributed by atoms with Crippen molar-refractivity contribution in [3.8, 4) is 16.8 Å². The Balaban J connectivity index is 1.76. The summed E-state index contributed by atoms with van der Waals surface area (Å²) in [5.74, 6) is -0.393. The molecule has 1 N–H and O–H groups in total. The van der Waals surface area contributed by atoms with Gasteiger partial charge in [-0.2, -0.15) is 0 Å². The van der Waals surface area contributed by atoms with Gasteiger partial charge in [-0.05, 0) is 29.8 Å². The maximum Gasteiger partial charge on any atom is 0.283 e. The van der Waals surface area contributed by atoms with Crippen LogP contribution in [0.4, 0.5) is 11.4 Å². The van der Waals surface area contributed by atoms with Gasteiger partial charge in [0.05, 0.1) is 17.1 Å². The smallest absolute Gasteiger partial charge is 0.283 e. The van der Waals surface area contributed by atoms with Crippen molar-refractivity contribution in [2.45, 2.75) is 4.90 Å². The summed E-state index contributed by atoms with van der Waals surface area (Å²) < 4.78 is 25.5. The molecule has 0 bridgehead atoms. The second-order valence-corrected chi connectivity index (χ2v) is 8.41. The first-order valence-corrected chi connectivity index (χ1v) is 10.4. The minimum atomic E-state index is -3.37. The number of benzene rings is 2. The molecule has 1 aromatic heterocycles. The fourth-order valence-electron chi connectivity index (χ4n) is 3.14. The van der Waals surface area contributed by atoms with E-state index in [4.69, 9.17) is 0 Å². The highest BCUT2D eigenvalue weighted by Gasteiger charge is 2.21. The van der Waals surface area contributed by atoms with Crippen molar-refractivity contribution in [1.29, 1.82) is 0 Å². The fourth-order valence-corrected chi connectivity index (χ4v) is 4.06. The largest absolute Gasteiger partial charge is 0.374 e. The van der Waals surface area contributed by atoms with Crippen LogP contribution in [-0.4, -0.2) is 31.7 Å². The zero-order valence-electron chi connectivity index (χ0n) is 14.9. The number of hydrogen-bond donors (Lipinski definition) is 1. The van der Waals surface area contributed by atoms with Crippen LogP contribution < -0.4 is 16.2 Å². The Hall–Kier alpha value is -3.39. The second kappa shape index (κ2) is 6.65. The third kappa shape index (κ3) is 3.18. The molecular weight excluding hydrogens is 378 g/mol. The Kier molecular flexibility index (Phi) is 4.27. The SMILES string of the molecule is CS(=O)(=O)c1ccccc1-c1ccc(-n2ccc3c(c2=O)[N]C(=O)CN3)cc1. The van der Waals surface area contributed by atoms with Gasteiger partial charge in [0, 0.05) is 23.7 Å². The summed E-state index contributed by atoms with van der Waals surface area (Å²) in [5, 5.41) is 6.70. The summed E-state index contributed by atoms with van der Waals surface area (Å²) in [7, 11) is -3.37. The Morgan fingerprint density at radius 3 is 2.43 bits per heavy atom. The van der Waals surface area contributed by atoms with Crippen LogP contribution in [0.25, 0.3) is 16.8 Å². The summed E-state index contributed by atoms with van der Waals surface area (Å²) in [6.07, 6.45) is 2.78. The average molecular weight is 394 g/mol. The Labute approximate surface area is 161 Å². The predicted molar refractivity (Wildman–Crippen MR) is 106 cm³/mol. The number of carbonyl (C=O) groups is 1. The molecule has 2 aromatic carbocycles. The minimum Gasteiger partial charge on any atom is -0.374 e. The molecule has 1 aliphatic heterocycles. The molecule has 8 heteroatoms. The van der Waals surface area contributed by atoms with Gasteiger partial charge in [-0.15, -0.1) is 0 Å². The molecule has 7 nitrogen and oxygen atoms in total. The zero-order valence-corrected chi connectivity index (χ0v) is 15.7. The van der Waals surface area contributed by atoms with E-state index in [1.165, 1.54) is 10.8 Å². The van der Waals surface area contributed by atoms with E-state index >= 15 is 0 Å². The highest BCUT2D eigenvalue weighted by atomic mass is 32.2. The molecule has 0 aliphatic carbocycles. The van der Waals surface area contributed by atoms with E-state index in [0.717, 1.165) is 5.56 Å². The molecule has 0 saturated carbocycles. The van der Waals surface area contributed by atoms with Crippen molar-refractivity contribution >= 4 is 27.1 Å². The van der Waals surface area contributed by atoms with Crippen LogP contribution in [0.1, 0.15) is 0 Å². The number of amides is 1. The predicted octanol–water partition coefficient (Wildman–Crippen LogP) is 2.10. The molecule has 1 aliphatic rings. The molecule has 0 atom stereocenters. The van der Waals surface area contributed by atoms with Crippen LogP contribution in [0.2, 0.25) is 0 Å². The summed E-state index contributed by atoms with van der Waals surface area (Å²) >= 11 is 0. The minimum absolute atomic E-state index is 0.0743. The van der Waals surface area contributed by atoms with Crippen LogP contribution in [0, 0.1) is 0 Å². The number of hydrogen-bond acceptors (Lipinski definition) is 5. The Morgan fingerprint density at radius 2 is 1.71 bits per heavy atom. The summed E-state index contributed by atoms with van der Waals surface area (Å²) in [4.78, 5) is 24.5. The quantitative estimate of drug-likeness (QED) is 0.733. The van der Waals surface area contributed by atoms with Gasteiger partial charge in [-0.25, -0.2) is 13.7 Å². The van der Waals surface area contributed by atoms with E-state index in [9.17, 15) is 18.0 Å². The van der Waals surface area contributed by atoms with E-state index in [0.29, 0.717) is 16.9 Å². The Morgan fingerprint density at radius 1 is 1.00 bits per heavy atom. The molecule has 1 amide bonds. The summed E-state index contributed by atoms with van der Waals surface area (Å²) in [6.45, 7) is 0.0743. The lowest BCUT2D eigenvalue weighted by Gasteiger charge is -2.17. The lowest BCUT2D eigenvalue weighted by Crippen LogP contribution is -2.33. The number of aromatic nitrogens is 1. The van der Waals surface area contributed by atoms with Crippen molar-refractivity contribution < 1.29 is 13.2 Å². The van der Waals surface area contributed by atoms with E-state index < -0.39 is 21.3 Å². The summed E-state index contributed by atoms with van der Waals surface area (Å²) in [6, 6.07) is 15.4. The first-order valence-electron chi connectivity index (χ1n) is 8.48. The van der Waals surface area contributed by atoms with E-state index in [2.05, 4.69) is 10.6 Å². The number of rotatable bonds is 3. The number of nitrogens with zero attached hydrogens (tertiary/aromatic N) is 2.